The van der Waals surface area contributed by atoms with E-state index in [4.69, 9.17) is 11.5 Å². The van der Waals surface area contributed by atoms with Gasteiger partial charge in [0.2, 0.25) is 0 Å². The molecule has 0 radical (unpaired) electrons. The topological polar surface area (TPSA) is 142 Å². The van der Waals surface area contributed by atoms with E-state index in [-0.39, 0.29) is 19.1 Å². The van der Waals surface area contributed by atoms with Gasteiger partial charge in [0.25, 0.3) is 0 Å². The molecule has 234 valence electrons. The lowest BCUT2D eigenvalue weighted by Crippen LogP contribution is -2.50. The monoisotopic (exact) mass is 650 g/mol. The minimum atomic E-state index is -1.21. The van der Waals surface area contributed by atoms with Crippen LogP contribution in [0.5, 0.6) is 0 Å². The summed E-state index contributed by atoms with van der Waals surface area (Å²) in [5.41, 5.74) is 17.2. The van der Waals surface area contributed by atoms with E-state index in [0.717, 1.165) is 42.7 Å². The predicted octanol–water partition coefficient (Wildman–Crippen LogP) is 5.45. The Hall–Kier alpha value is -4.55. The van der Waals surface area contributed by atoms with Gasteiger partial charge < -0.3 is 31.5 Å². The lowest BCUT2D eigenvalue weighted by molar-refractivity contribution is -0.0408. The maximum atomic E-state index is 15.0. The second-order valence-corrected chi connectivity index (χ2v) is 13.9. The molecule has 0 unspecified atom stereocenters. The number of amides is 2. The first kappa shape index (κ1) is 30.1. The fraction of sp³-hybridized carbons (Fsp3) is 0.229. The van der Waals surface area contributed by atoms with Crippen molar-refractivity contribution in [1.29, 1.82) is 0 Å². The number of carbonyl (C=O) groups excluding carboxylic acids is 1. The van der Waals surface area contributed by atoms with Gasteiger partial charge in [-0.15, -0.1) is 0 Å². The van der Waals surface area contributed by atoms with E-state index >= 15 is 0 Å². The highest BCUT2D eigenvalue weighted by Gasteiger charge is 2.46. The Morgan fingerprint density at radius 2 is 1.02 bits per heavy atom. The van der Waals surface area contributed by atoms with Crippen LogP contribution in [0.15, 0.2) is 97.1 Å². The van der Waals surface area contributed by atoms with Crippen molar-refractivity contribution >= 4 is 59.4 Å². The summed E-state index contributed by atoms with van der Waals surface area (Å²) in [5.74, 6) is 0. The quantitative estimate of drug-likeness (QED) is 0.172. The molecule has 9 nitrogen and oxygen atoms in total. The maximum absolute atomic E-state index is 15.0. The molecule has 7 rings (SSSR count). The fourth-order valence-electron chi connectivity index (χ4n) is 6.38. The Labute approximate surface area is 274 Å². The summed E-state index contributed by atoms with van der Waals surface area (Å²) in [6.07, 6.45) is -1.68. The number of thiazole rings is 2. The summed E-state index contributed by atoms with van der Waals surface area (Å²) in [6, 6.07) is 29.6. The minimum Gasteiger partial charge on any atom is -0.388 e. The zero-order valence-corrected chi connectivity index (χ0v) is 26.6. The highest BCUT2D eigenvalue weighted by Crippen LogP contribution is 2.32. The molecule has 1 fully saturated rings. The third-order valence-electron chi connectivity index (χ3n) is 8.65. The number of hydrogen-bond acceptors (Lipinski definition) is 9. The van der Waals surface area contributed by atoms with Gasteiger partial charge in [-0.1, -0.05) is 95.5 Å². The first-order valence-electron chi connectivity index (χ1n) is 15.1. The normalized spacial score (nSPS) is 20.4. The molecule has 11 heteroatoms. The van der Waals surface area contributed by atoms with Crippen LogP contribution in [0.3, 0.4) is 0 Å². The third-order valence-corrected chi connectivity index (χ3v) is 10.3. The van der Waals surface area contributed by atoms with E-state index in [1.165, 1.54) is 22.7 Å². The molecule has 2 amide bonds. The molecule has 6 aromatic rings. The maximum Gasteiger partial charge on any atom is 0.321 e. The number of nitrogens with zero attached hydrogens (tertiary/aromatic N) is 4. The third kappa shape index (κ3) is 6.14. The van der Waals surface area contributed by atoms with Gasteiger partial charge in [-0.2, -0.15) is 0 Å². The van der Waals surface area contributed by atoms with Crippen molar-refractivity contribution in [2.75, 3.05) is 11.5 Å². The predicted molar refractivity (Wildman–Crippen MR) is 184 cm³/mol. The Kier molecular flexibility index (Phi) is 8.31. The van der Waals surface area contributed by atoms with Crippen molar-refractivity contribution in [2.24, 2.45) is 0 Å². The highest BCUT2D eigenvalue weighted by molar-refractivity contribution is 7.22. The number of fused-ring (bicyclic) bond motifs is 2. The van der Waals surface area contributed by atoms with Gasteiger partial charge in [-0.05, 0) is 59.4 Å². The number of anilines is 2. The van der Waals surface area contributed by atoms with Crippen LogP contribution in [0.1, 0.15) is 22.3 Å². The van der Waals surface area contributed by atoms with Crippen LogP contribution in [-0.4, -0.2) is 60.3 Å². The molecular formula is C35H34N6O3S2. The molecule has 0 spiro atoms. The summed E-state index contributed by atoms with van der Waals surface area (Å²) in [4.78, 5) is 27.2. The number of benzene rings is 4. The summed E-state index contributed by atoms with van der Waals surface area (Å²) in [6.45, 7) is 0.458. The first-order valence-corrected chi connectivity index (χ1v) is 16.8. The Bertz CT molecular complexity index is 1840. The number of nitrogen functional groups attached to an aromatic ring is 2. The zero-order valence-electron chi connectivity index (χ0n) is 24.9. The molecule has 1 saturated heterocycles. The molecular weight excluding hydrogens is 617 g/mol. The van der Waals surface area contributed by atoms with Gasteiger partial charge in [0.05, 0.1) is 32.5 Å². The van der Waals surface area contributed by atoms with Crippen molar-refractivity contribution in [1.82, 2.24) is 19.8 Å². The van der Waals surface area contributed by atoms with E-state index in [1.807, 2.05) is 97.1 Å². The number of urea groups is 1. The van der Waals surface area contributed by atoms with Crippen LogP contribution in [0.4, 0.5) is 15.1 Å². The highest BCUT2D eigenvalue weighted by atomic mass is 32.1. The van der Waals surface area contributed by atoms with E-state index < -0.39 is 24.3 Å². The zero-order chi connectivity index (χ0) is 31.8. The fourth-order valence-corrected chi connectivity index (χ4v) is 7.97. The molecule has 2 aromatic heterocycles. The Morgan fingerprint density at radius 1 is 0.609 bits per heavy atom. The first-order chi connectivity index (χ1) is 22.3. The largest absolute Gasteiger partial charge is 0.388 e. The molecule has 0 aliphatic carbocycles. The van der Waals surface area contributed by atoms with Gasteiger partial charge in [0.15, 0.2) is 10.3 Å². The van der Waals surface area contributed by atoms with Crippen LogP contribution in [0.2, 0.25) is 0 Å². The summed E-state index contributed by atoms with van der Waals surface area (Å²) in [7, 11) is 0. The molecule has 4 atom stereocenters. The summed E-state index contributed by atoms with van der Waals surface area (Å²) < 4.78 is 1.85. The van der Waals surface area contributed by atoms with Gasteiger partial charge >= 0.3 is 6.03 Å². The number of carbonyl (C=O) groups is 1. The Morgan fingerprint density at radius 3 is 1.43 bits per heavy atom. The molecule has 0 saturated carbocycles. The lowest BCUT2D eigenvalue weighted by atomic mass is 9.91. The molecule has 0 bridgehead atoms. The van der Waals surface area contributed by atoms with Crippen LogP contribution in [0.25, 0.3) is 20.4 Å². The summed E-state index contributed by atoms with van der Waals surface area (Å²) in [5, 5.41) is 24.9. The van der Waals surface area contributed by atoms with Crippen molar-refractivity contribution < 1.29 is 15.0 Å². The SMILES string of the molecule is Nc1nc2ccc(CN3C(=O)N(Cc4ccc5nc(N)sc5c4)[C@H](Cc4ccccc4)[C@H](O)[C@@H](O)[C@H]3Cc3ccccc3)cc2s1. The van der Waals surface area contributed by atoms with Crippen molar-refractivity contribution in [3.8, 4) is 0 Å². The smallest absolute Gasteiger partial charge is 0.321 e. The van der Waals surface area contributed by atoms with Crippen molar-refractivity contribution in [3.63, 3.8) is 0 Å². The number of hydrogen-bond donors (Lipinski definition) is 4. The molecule has 1 aliphatic heterocycles. The van der Waals surface area contributed by atoms with E-state index in [0.29, 0.717) is 23.1 Å². The van der Waals surface area contributed by atoms with Crippen LogP contribution in [-0.2, 0) is 25.9 Å². The van der Waals surface area contributed by atoms with E-state index in [9.17, 15) is 15.0 Å². The van der Waals surface area contributed by atoms with Crippen molar-refractivity contribution in [2.45, 2.75) is 50.2 Å². The standard InChI is InChI=1S/C35H34N6O3S2/c36-33-38-25-13-11-23(17-29(25)45-33)19-40-27(15-21-7-3-1-4-8-21)31(42)32(43)28(16-22-9-5-2-6-10-22)41(35(40)44)20-24-12-14-26-30(18-24)46-34(37)39-26/h1-14,17-18,27-28,31-32,42-43H,15-16,19-20H2,(H2,36,38)(H2,37,39)/t27-,28-,31+,32+/m1/s1. The number of aromatic nitrogens is 2. The lowest BCUT2D eigenvalue weighted by Gasteiger charge is -2.36. The van der Waals surface area contributed by atoms with Gasteiger partial charge in [-0.25, -0.2) is 14.8 Å². The van der Waals surface area contributed by atoms with Crippen LogP contribution >= 0.6 is 22.7 Å². The van der Waals surface area contributed by atoms with E-state index in [2.05, 4.69) is 9.97 Å². The second-order valence-electron chi connectivity index (χ2n) is 11.7. The molecule has 1 aliphatic rings. The van der Waals surface area contributed by atoms with Crippen LogP contribution < -0.4 is 11.5 Å². The molecule has 4 aromatic carbocycles. The molecule has 6 N–H and O–H groups in total. The second kappa shape index (κ2) is 12.7. The molecule has 46 heavy (non-hydrogen) atoms. The average molecular weight is 651 g/mol. The number of nitrogens with two attached hydrogens (primary N) is 2. The molecule has 3 heterocycles. The summed E-state index contributed by atoms with van der Waals surface area (Å²) >= 11 is 2.79. The van der Waals surface area contributed by atoms with Gasteiger partial charge in [0.1, 0.15) is 12.2 Å². The average Bonchev–Trinajstić information content (AvgIpc) is 3.62. The van der Waals surface area contributed by atoms with Crippen molar-refractivity contribution in [3.05, 3.63) is 119 Å². The van der Waals surface area contributed by atoms with Gasteiger partial charge in [0, 0.05) is 13.1 Å². The van der Waals surface area contributed by atoms with Crippen LogP contribution in [0, 0.1) is 0 Å². The minimum absolute atomic E-state index is 0.229. The number of aliphatic hydroxyl groups excluding tert-OH is 2. The van der Waals surface area contributed by atoms with E-state index in [1.54, 1.807) is 9.80 Å². The number of aliphatic hydroxyl groups is 2. The Balaban J connectivity index is 1.32. The number of rotatable bonds is 8. The van der Waals surface area contributed by atoms with Gasteiger partial charge in [-0.3, -0.25) is 0 Å².